The van der Waals surface area contributed by atoms with Crippen LogP contribution in [0.5, 0.6) is 0 Å². The van der Waals surface area contributed by atoms with Crippen LogP contribution >= 0.6 is 7.92 Å². The standard InChI is InChI=1S/C18H15P.CO/c1-4-10-16(11-5-1)19(17-12-6-2-7-13-17)18-14-8-3-9-15-18;1-2/h1-15H;. The predicted molar refractivity (Wildman–Crippen MR) is 90.8 cm³/mol. The summed E-state index contributed by atoms with van der Waals surface area (Å²) in [6.45, 7) is 4.50. The van der Waals surface area contributed by atoms with Crippen molar-refractivity contribution in [2.24, 2.45) is 0 Å². The van der Waals surface area contributed by atoms with Crippen molar-refractivity contribution in [3.63, 3.8) is 0 Å². The Morgan fingerprint density at radius 2 is 0.714 bits per heavy atom. The fourth-order valence-corrected chi connectivity index (χ4v) is 4.48. The highest BCUT2D eigenvalue weighted by Gasteiger charge is 2.14. The molecule has 0 amide bonds. The van der Waals surface area contributed by atoms with Gasteiger partial charge in [-0.05, 0) is 23.8 Å². The zero-order valence-corrected chi connectivity index (χ0v) is 12.4. The Labute approximate surface area is 127 Å². The average molecular weight is 290 g/mol. The monoisotopic (exact) mass is 290 g/mol. The van der Waals surface area contributed by atoms with Crippen molar-refractivity contribution in [1.82, 2.24) is 0 Å². The third-order valence-corrected chi connectivity index (χ3v) is 5.49. The Morgan fingerprint density at radius 3 is 0.952 bits per heavy atom. The molecule has 0 fully saturated rings. The van der Waals surface area contributed by atoms with Crippen molar-refractivity contribution >= 4 is 30.6 Å². The maximum Gasteiger partial charge on any atom is 0.281 e. The lowest BCUT2D eigenvalue weighted by molar-refractivity contribution is 0.574. The summed E-state index contributed by atoms with van der Waals surface area (Å²) >= 11 is 0. The smallest absolute Gasteiger partial charge is 0.281 e. The van der Waals surface area contributed by atoms with Crippen LogP contribution in [0.25, 0.3) is 0 Å². The number of carbonyl (C=O) groups excluding carboxylic acids is 1. The summed E-state index contributed by atoms with van der Waals surface area (Å²) in [7, 11) is -0.446. The van der Waals surface area contributed by atoms with Gasteiger partial charge in [0.05, 0.1) is 0 Å². The maximum absolute atomic E-state index is 7.50. The summed E-state index contributed by atoms with van der Waals surface area (Å²) in [6.07, 6.45) is 0. The Hall–Kier alpha value is -2.24. The van der Waals surface area contributed by atoms with Crippen LogP contribution in [0.3, 0.4) is 0 Å². The number of hydrogen-bond acceptors (Lipinski definition) is 1. The third kappa shape index (κ3) is 3.87. The van der Waals surface area contributed by atoms with Crippen LogP contribution in [0.4, 0.5) is 0 Å². The number of hydrogen-bond donors (Lipinski definition) is 0. The minimum absolute atomic E-state index is 0.446. The van der Waals surface area contributed by atoms with E-state index in [0.29, 0.717) is 0 Å². The zero-order chi connectivity index (χ0) is 14.9. The van der Waals surface area contributed by atoms with Crippen molar-refractivity contribution in [3.8, 4) is 0 Å². The van der Waals surface area contributed by atoms with Crippen molar-refractivity contribution in [1.29, 1.82) is 0 Å². The van der Waals surface area contributed by atoms with Crippen LogP contribution in [0.2, 0.25) is 0 Å². The molecule has 0 saturated carbocycles. The van der Waals surface area contributed by atoms with Gasteiger partial charge in [0, 0.05) is 0 Å². The van der Waals surface area contributed by atoms with Gasteiger partial charge in [0.25, 0.3) is 6.79 Å². The van der Waals surface area contributed by atoms with Crippen LogP contribution < -0.4 is 15.9 Å². The van der Waals surface area contributed by atoms with Gasteiger partial charge < -0.3 is 0 Å². The summed E-state index contributed by atoms with van der Waals surface area (Å²) < 4.78 is 0. The van der Waals surface area contributed by atoms with Gasteiger partial charge in [0.15, 0.2) is 0 Å². The van der Waals surface area contributed by atoms with Gasteiger partial charge in [-0.3, -0.25) is 4.79 Å². The van der Waals surface area contributed by atoms with E-state index in [-0.39, 0.29) is 0 Å². The van der Waals surface area contributed by atoms with Gasteiger partial charge in [-0.1, -0.05) is 91.0 Å². The first-order valence-corrected chi connectivity index (χ1v) is 7.95. The van der Waals surface area contributed by atoms with Crippen LogP contribution in [-0.4, -0.2) is 6.79 Å². The van der Waals surface area contributed by atoms with Gasteiger partial charge in [-0.2, -0.15) is 0 Å². The SMILES string of the molecule is [C]=O.c1ccc(P(c2ccccc2)c2ccccc2)cc1. The van der Waals surface area contributed by atoms with Crippen molar-refractivity contribution < 1.29 is 4.79 Å². The molecule has 3 aromatic carbocycles. The lowest BCUT2D eigenvalue weighted by Crippen LogP contribution is -2.20. The molecule has 21 heavy (non-hydrogen) atoms. The first-order valence-electron chi connectivity index (χ1n) is 6.61. The molecule has 0 atom stereocenters. The predicted octanol–water partition coefficient (Wildman–Crippen LogP) is 3.05. The van der Waals surface area contributed by atoms with Crippen LogP contribution in [0, 0.1) is 0 Å². The fraction of sp³-hybridized carbons (Fsp3) is 0. The van der Waals surface area contributed by atoms with Crippen molar-refractivity contribution in [2.75, 3.05) is 0 Å². The second-order valence-electron chi connectivity index (χ2n) is 4.34. The first-order chi connectivity index (χ1) is 10.4. The van der Waals surface area contributed by atoms with E-state index in [1.54, 1.807) is 0 Å². The third-order valence-electron chi connectivity index (χ3n) is 3.04. The molecule has 3 aromatic rings. The van der Waals surface area contributed by atoms with Crippen LogP contribution in [0.1, 0.15) is 0 Å². The molecule has 2 heteroatoms. The highest BCUT2D eigenvalue weighted by atomic mass is 31.1. The van der Waals surface area contributed by atoms with E-state index in [1.165, 1.54) is 15.9 Å². The van der Waals surface area contributed by atoms with Gasteiger partial charge in [-0.25, -0.2) is 0 Å². The molecule has 0 aliphatic heterocycles. The topological polar surface area (TPSA) is 17.1 Å². The highest BCUT2D eigenvalue weighted by molar-refractivity contribution is 7.79. The number of benzene rings is 3. The second-order valence-corrected chi connectivity index (χ2v) is 6.56. The molecule has 0 aliphatic carbocycles. The summed E-state index contributed by atoms with van der Waals surface area (Å²) in [6, 6.07) is 32.3. The molecule has 3 rings (SSSR count). The van der Waals surface area contributed by atoms with E-state index in [4.69, 9.17) is 4.79 Å². The molecule has 0 heterocycles. The van der Waals surface area contributed by atoms with E-state index in [1.807, 2.05) is 0 Å². The second kappa shape index (κ2) is 8.14. The van der Waals surface area contributed by atoms with E-state index in [2.05, 4.69) is 97.8 Å². The zero-order valence-electron chi connectivity index (χ0n) is 11.5. The molecule has 0 aromatic heterocycles. The summed E-state index contributed by atoms with van der Waals surface area (Å²) in [4.78, 5) is 7.50. The lowest BCUT2D eigenvalue weighted by Gasteiger charge is -2.18. The van der Waals surface area contributed by atoms with Crippen molar-refractivity contribution in [3.05, 3.63) is 91.0 Å². The Balaban J connectivity index is 0.000000774. The normalized spacial score (nSPS) is 9.76. The summed E-state index contributed by atoms with van der Waals surface area (Å²) in [5, 5.41) is 4.19. The highest BCUT2D eigenvalue weighted by Crippen LogP contribution is 2.32. The largest absolute Gasteiger partial charge is 0.281 e. The van der Waals surface area contributed by atoms with E-state index in [0.717, 1.165) is 0 Å². The van der Waals surface area contributed by atoms with Crippen molar-refractivity contribution in [2.45, 2.75) is 0 Å². The maximum atomic E-state index is 7.50. The minimum Gasteiger partial charge on any atom is -0.281 e. The molecule has 0 bridgehead atoms. The molecular formula is C19H15OP. The Morgan fingerprint density at radius 1 is 0.476 bits per heavy atom. The molecular weight excluding hydrogens is 275 g/mol. The Bertz CT molecular complexity index is 544. The molecule has 0 spiro atoms. The first kappa shape index (κ1) is 15.2. The molecule has 102 valence electrons. The van der Waals surface area contributed by atoms with Crippen LogP contribution in [0.15, 0.2) is 91.0 Å². The molecule has 0 unspecified atom stereocenters. The molecule has 0 N–H and O–H groups in total. The van der Waals surface area contributed by atoms with E-state index < -0.39 is 7.92 Å². The molecule has 2 radical (unpaired) electrons. The van der Waals surface area contributed by atoms with E-state index >= 15 is 0 Å². The van der Waals surface area contributed by atoms with Gasteiger partial charge >= 0.3 is 0 Å². The molecule has 0 saturated heterocycles. The fourth-order valence-electron chi connectivity index (χ4n) is 2.18. The van der Waals surface area contributed by atoms with Gasteiger partial charge in [0.1, 0.15) is 0 Å². The average Bonchev–Trinajstić information content (AvgIpc) is 2.60. The molecule has 0 aliphatic rings. The van der Waals surface area contributed by atoms with Gasteiger partial charge in [-0.15, -0.1) is 0 Å². The van der Waals surface area contributed by atoms with Gasteiger partial charge in [0.2, 0.25) is 0 Å². The summed E-state index contributed by atoms with van der Waals surface area (Å²) in [5.41, 5.74) is 0. The van der Waals surface area contributed by atoms with E-state index in [9.17, 15) is 0 Å². The minimum atomic E-state index is -0.446. The Kier molecular flexibility index (Phi) is 5.87. The quantitative estimate of drug-likeness (QED) is 0.678. The lowest BCUT2D eigenvalue weighted by atomic mass is 10.4. The van der Waals surface area contributed by atoms with Crippen LogP contribution in [-0.2, 0) is 4.79 Å². The summed E-state index contributed by atoms with van der Waals surface area (Å²) in [5.74, 6) is 0. The molecule has 1 nitrogen and oxygen atoms in total. The number of rotatable bonds is 3.